The van der Waals surface area contributed by atoms with E-state index >= 15 is 0 Å². The SMILES string of the molecule is CCCCCCCCCCCCCCCOS(=O)(=O)[O-].[NH4+]. The molecule has 0 heterocycles. The zero-order chi connectivity index (χ0) is 15.1. The van der Waals surface area contributed by atoms with E-state index in [-0.39, 0.29) is 12.8 Å². The van der Waals surface area contributed by atoms with Gasteiger partial charge in [-0.15, -0.1) is 0 Å². The zero-order valence-corrected chi connectivity index (χ0v) is 14.8. The first-order valence-corrected chi connectivity index (χ1v) is 9.50. The van der Waals surface area contributed by atoms with Gasteiger partial charge in [-0.2, -0.15) is 0 Å². The standard InChI is InChI=1S/C15H32O4S.H3N/c1-2-3-4-5-6-7-8-9-10-11-12-13-14-15-19-20(16,17)18;/h2-15H2,1H3,(H,16,17,18);1H3. The molecule has 0 aromatic rings. The number of hydrogen-bond acceptors (Lipinski definition) is 4. The summed E-state index contributed by atoms with van der Waals surface area (Å²) in [6.45, 7) is 2.27. The van der Waals surface area contributed by atoms with Crippen LogP contribution in [0.25, 0.3) is 0 Å². The fraction of sp³-hybridized carbons (Fsp3) is 1.00. The van der Waals surface area contributed by atoms with E-state index in [0.29, 0.717) is 6.42 Å². The minimum Gasteiger partial charge on any atom is -0.726 e. The van der Waals surface area contributed by atoms with Crippen molar-refractivity contribution in [1.29, 1.82) is 0 Å². The predicted molar refractivity (Wildman–Crippen MR) is 87.3 cm³/mol. The van der Waals surface area contributed by atoms with Crippen molar-refractivity contribution in [2.45, 2.75) is 90.4 Å². The average molecular weight is 326 g/mol. The van der Waals surface area contributed by atoms with Crippen molar-refractivity contribution in [1.82, 2.24) is 6.15 Å². The highest BCUT2D eigenvalue weighted by Crippen LogP contribution is 2.12. The molecule has 0 atom stereocenters. The molecule has 0 aliphatic heterocycles. The van der Waals surface area contributed by atoms with Crippen LogP contribution in [0.3, 0.4) is 0 Å². The molecule has 0 aromatic carbocycles. The lowest BCUT2D eigenvalue weighted by atomic mass is 10.0. The maximum Gasteiger partial charge on any atom is 0.217 e. The van der Waals surface area contributed by atoms with E-state index in [0.717, 1.165) is 12.8 Å². The Morgan fingerprint density at radius 2 is 1.05 bits per heavy atom. The van der Waals surface area contributed by atoms with E-state index in [4.69, 9.17) is 0 Å². The molecule has 130 valence electrons. The number of rotatable bonds is 15. The molecule has 0 aliphatic carbocycles. The van der Waals surface area contributed by atoms with Crippen LogP contribution in [0.4, 0.5) is 0 Å². The Hall–Kier alpha value is -0.170. The van der Waals surface area contributed by atoms with Crippen LogP contribution in [0, 0.1) is 0 Å². The number of quaternary nitrogens is 1. The Morgan fingerprint density at radius 3 is 1.38 bits per heavy atom. The summed E-state index contributed by atoms with van der Waals surface area (Å²) in [4.78, 5) is 0. The smallest absolute Gasteiger partial charge is 0.217 e. The van der Waals surface area contributed by atoms with E-state index in [1.165, 1.54) is 64.2 Å². The summed E-state index contributed by atoms with van der Waals surface area (Å²) in [7, 11) is -4.49. The fourth-order valence-corrected chi connectivity index (χ4v) is 2.60. The third-order valence-electron chi connectivity index (χ3n) is 3.48. The molecule has 0 aromatic heterocycles. The first-order valence-electron chi connectivity index (χ1n) is 8.16. The van der Waals surface area contributed by atoms with Gasteiger partial charge in [0.25, 0.3) is 0 Å². The summed E-state index contributed by atoms with van der Waals surface area (Å²) in [5, 5.41) is 0. The van der Waals surface area contributed by atoms with Gasteiger partial charge in [0, 0.05) is 0 Å². The van der Waals surface area contributed by atoms with Gasteiger partial charge in [0.05, 0.1) is 6.61 Å². The van der Waals surface area contributed by atoms with Gasteiger partial charge in [-0.05, 0) is 6.42 Å². The van der Waals surface area contributed by atoms with Crippen molar-refractivity contribution in [3.63, 3.8) is 0 Å². The lowest BCUT2D eigenvalue weighted by molar-refractivity contribution is 0.255. The highest BCUT2D eigenvalue weighted by atomic mass is 32.3. The molecular weight excluding hydrogens is 290 g/mol. The summed E-state index contributed by atoms with van der Waals surface area (Å²) in [5.74, 6) is 0. The summed E-state index contributed by atoms with van der Waals surface area (Å²) in [6, 6.07) is 0. The molecular formula is C15H35NO4S. The molecule has 21 heavy (non-hydrogen) atoms. The Labute approximate surface area is 131 Å². The van der Waals surface area contributed by atoms with Gasteiger partial charge in [0.15, 0.2) is 0 Å². The molecule has 0 saturated carbocycles. The lowest BCUT2D eigenvalue weighted by Gasteiger charge is -2.07. The van der Waals surface area contributed by atoms with Gasteiger partial charge in [0.2, 0.25) is 10.4 Å². The first kappa shape index (κ1) is 23.1. The normalized spacial score (nSPS) is 11.3. The molecule has 0 amide bonds. The van der Waals surface area contributed by atoms with Gasteiger partial charge in [-0.3, -0.25) is 4.18 Å². The molecule has 0 radical (unpaired) electrons. The molecule has 4 N–H and O–H groups in total. The van der Waals surface area contributed by atoms with Gasteiger partial charge >= 0.3 is 0 Å². The fourth-order valence-electron chi connectivity index (χ4n) is 2.28. The van der Waals surface area contributed by atoms with Gasteiger partial charge in [-0.1, -0.05) is 84.0 Å². The molecule has 0 fully saturated rings. The van der Waals surface area contributed by atoms with Gasteiger partial charge in [0.1, 0.15) is 0 Å². The minimum absolute atomic E-state index is 0. The third kappa shape index (κ3) is 22.3. The van der Waals surface area contributed by atoms with Crippen LogP contribution in [0.5, 0.6) is 0 Å². The van der Waals surface area contributed by atoms with Crippen LogP contribution < -0.4 is 6.15 Å². The largest absolute Gasteiger partial charge is 0.726 e. The summed E-state index contributed by atoms with van der Waals surface area (Å²) in [6.07, 6.45) is 16.0. The van der Waals surface area contributed by atoms with Gasteiger partial charge in [-0.25, -0.2) is 8.42 Å². The molecule has 0 unspecified atom stereocenters. The van der Waals surface area contributed by atoms with Crippen molar-refractivity contribution < 1.29 is 17.2 Å². The van der Waals surface area contributed by atoms with Crippen molar-refractivity contribution in [3.8, 4) is 0 Å². The van der Waals surface area contributed by atoms with Crippen molar-refractivity contribution >= 4 is 10.4 Å². The molecule has 0 bridgehead atoms. The summed E-state index contributed by atoms with van der Waals surface area (Å²) < 4.78 is 34.7. The maximum absolute atomic E-state index is 10.2. The second-order valence-corrected chi connectivity index (χ2v) is 6.53. The van der Waals surface area contributed by atoms with E-state index < -0.39 is 10.4 Å². The topological polar surface area (TPSA) is 103 Å². The second kappa shape index (κ2) is 16.2. The molecule has 6 heteroatoms. The first-order chi connectivity index (χ1) is 9.56. The van der Waals surface area contributed by atoms with E-state index in [1.54, 1.807) is 0 Å². The van der Waals surface area contributed by atoms with Crippen LogP contribution in [0.2, 0.25) is 0 Å². The highest BCUT2D eigenvalue weighted by Gasteiger charge is 1.96. The van der Waals surface area contributed by atoms with Crippen LogP contribution in [0.1, 0.15) is 90.4 Å². The van der Waals surface area contributed by atoms with Crippen molar-refractivity contribution in [2.24, 2.45) is 0 Å². The Balaban J connectivity index is 0. The Morgan fingerprint density at radius 1 is 0.714 bits per heavy atom. The molecule has 0 saturated heterocycles. The zero-order valence-electron chi connectivity index (χ0n) is 13.9. The monoisotopic (exact) mass is 325 g/mol. The minimum atomic E-state index is -4.49. The maximum atomic E-state index is 10.2. The molecule has 0 spiro atoms. The summed E-state index contributed by atoms with van der Waals surface area (Å²) >= 11 is 0. The molecule has 5 nitrogen and oxygen atoms in total. The van der Waals surface area contributed by atoms with Crippen molar-refractivity contribution in [3.05, 3.63) is 0 Å². The average Bonchev–Trinajstić information content (AvgIpc) is 2.38. The third-order valence-corrected chi connectivity index (χ3v) is 3.93. The number of unbranched alkanes of at least 4 members (excludes halogenated alkanes) is 12. The van der Waals surface area contributed by atoms with E-state index in [2.05, 4.69) is 11.1 Å². The highest BCUT2D eigenvalue weighted by molar-refractivity contribution is 7.80. The lowest BCUT2D eigenvalue weighted by Crippen LogP contribution is -2.05. The summed E-state index contributed by atoms with van der Waals surface area (Å²) in [5.41, 5.74) is 0. The quantitative estimate of drug-likeness (QED) is 0.262. The van der Waals surface area contributed by atoms with Crippen LogP contribution in [-0.2, 0) is 14.6 Å². The molecule has 0 aliphatic rings. The predicted octanol–water partition coefficient (Wildman–Crippen LogP) is 4.93. The molecule has 0 rings (SSSR count). The van der Waals surface area contributed by atoms with E-state index in [9.17, 15) is 13.0 Å². The number of hydrogen-bond donors (Lipinski definition) is 1. The van der Waals surface area contributed by atoms with E-state index in [1.807, 2.05) is 0 Å². The van der Waals surface area contributed by atoms with Crippen LogP contribution >= 0.6 is 0 Å². The second-order valence-electron chi connectivity index (χ2n) is 5.47. The Bertz CT molecular complexity index is 294. The van der Waals surface area contributed by atoms with Crippen LogP contribution in [0.15, 0.2) is 0 Å². The van der Waals surface area contributed by atoms with Gasteiger partial charge < -0.3 is 10.7 Å². The van der Waals surface area contributed by atoms with Crippen molar-refractivity contribution in [2.75, 3.05) is 6.61 Å². The van der Waals surface area contributed by atoms with Crippen LogP contribution in [-0.4, -0.2) is 19.6 Å². The Kier molecular flexibility index (Phi) is 17.8.